The summed E-state index contributed by atoms with van der Waals surface area (Å²) in [5, 5.41) is 3.00. The first-order chi connectivity index (χ1) is 15.1. The number of nitrogens with one attached hydrogen (secondary N) is 1. The molecule has 2 heterocycles. The summed E-state index contributed by atoms with van der Waals surface area (Å²) in [6, 6.07) is 21.5. The highest BCUT2D eigenvalue weighted by Crippen LogP contribution is 2.36. The van der Waals surface area contributed by atoms with Gasteiger partial charge >= 0.3 is 0 Å². The van der Waals surface area contributed by atoms with E-state index in [0.29, 0.717) is 38.0 Å². The molecule has 0 spiro atoms. The molecule has 1 aliphatic heterocycles. The lowest BCUT2D eigenvalue weighted by Gasteiger charge is -2.28. The molecule has 5 heteroatoms. The van der Waals surface area contributed by atoms with E-state index >= 15 is 0 Å². The van der Waals surface area contributed by atoms with E-state index in [2.05, 4.69) is 34.6 Å². The molecule has 1 atom stereocenters. The summed E-state index contributed by atoms with van der Waals surface area (Å²) in [6.07, 6.45) is 4.86. The van der Waals surface area contributed by atoms with Gasteiger partial charge in [-0.05, 0) is 54.7 Å². The fourth-order valence-electron chi connectivity index (χ4n) is 4.31. The molecular formula is C26H27N3O2. The first kappa shape index (κ1) is 20.8. The Kier molecular flexibility index (Phi) is 6.12. The quantitative estimate of drug-likeness (QED) is 0.665. The van der Waals surface area contributed by atoms with E-state index in [1.165, 1.54) is 0 Å². The molecule has 158 valence electrons. The van der Waals surface area contributed by atoms with Gasteiger partial charge in [-0.1, -0.05) is 48.5 Å². The number of hydrogen-bond acceptors (Lipinski definition) is 3. The van der Waals surface area contributed by atoms with Gasteiger partial charge < -0.3 is 10.2 Å². The van der Waals surface area contributed by atoms with Crippen LogP contribution >= 0.6 is 0 Å². The molecule has 1 fully saturated rings. The molecule has 1 saturated heterocycles. The summed E-state index contributed by atoms with van der Waals surface area (Å²) >= 11 is 0. The number of amides is 2. The zero-order valence-electron chi connectivity index (χ0n) is 17.8. The van der Waals surface area contributed by atoms with Gasteiger partial charge in [-0.15, -0.1) is 0 Å². The predicted octanol–water partition coefficient (Wildman–Crippen LogP) is 3.96. The van der Waals surface area contributed by atoms with Gasteiger partial charge in [0.15, 0.2) is 0 Å². The van der Waals surface area contributed by atoms with Crippen LogP contribution in [0.3, 0.4) is 0 Å². The van der Waals surface area contributed by atoms with Crippen molar-refractivity contribution in [2.45, 2.75) is 19.8 Å². The average molecular weight is 414 g/mol. The van der Waals surface area contributed by atoms with Crippen LogP contribution in [0.5, 0.6) is 0 Å². The molecule has 1 aliphatic rings. The summed E-state index contributed by atoms with van der Waals surface area (Å²) in [7, 11) is 0. The minimum Gasteiger partial charge on any atom is -0.356 e. The van der Waals surface area contributed by atoms with Gasteiger partial charge in [-0.3, -0.25) is 14.6 Å². The third kappa shape index (κ3) is 4.50. The van der Waals surface area contributed by atoms with Gasteiger partial charge in [-0.2, -0.15) is 0 Å². The van der Waals surface area contributed by atoms with E-state index < -0.39 is 5.41 Å². The number of carbonyl (C=O) groups excluding carboxylic acids is 2. The van der Waals surface area contributed by atoms with Gasteiger partial charge in [0, 0.05) is 37.6 Å². The molecule has 0 bridgehead atoms. The number of hydrogen-bond donors (Lipinski definition) is 1. The second-order valence-electron chi connectivity index (χ2n) is 8.10. The minimum absolute atomic E-state index is 0.0151. The van der Waals surface area contributed by atoms with E-state index in [9.17, 15) is 9.59 Å². The summed E-state index contributed by atoms with van der Waals surface area (Å²) < 4.78 is 0. The third-order valence-corrected chi connectivity index (χ3v) is 5.97. The van der Waals surface area contributed by atoms with Crippen LogP contribution in [0.15, 0.2) is 79.1 Å². The highest BCUT2D eigenvalue weighted by atomic mass is 16.2. The van der Waals surface area contributed by atoms with Crippen molar-refractivity contribution < 1.29 is 9.59 Å². The zero-order valence-corrected chi connectivity index (χ0v) is 17.8. The lowest BCUT2D eigenvalue weighted by Crippen LogP contribution is -2.45. The summed E-state index contributed by atoms with van der Waals surface area (Å²) in [6.45, 7) is 3.51. The van der Waals surface area contributed by atoms with Crippen LogP contribution in [0.25, 0.3) is 11.1 Å². The van der Waals surface area contributed by atoms with Gasteiger partial charge in [0.25, 0.3) is 5.91 Å². The number of nitrogens with zero attached hydrogens (tertiary/aromatic N) is 2. The standard InChI is InChI=1S/C26H27N3O2/c1-2-28-25(31)26(14-16-29(19-26)24(30)22-7-4-3-5-8-22)17-20-10-12-21(13-11-20)23-9-6-15-27-18-23/h3-13,15,18H,2,14,16-17,19H2,1H3,(H,28,31)/t26-/m1/s1. The number of pyridine rings is 1. The van der Waals surface area contributed by atoms with Crippen molar-refractivity contribution in [1.82, 2.24) is 15.2 Å². The van der Waals surface area contributed by atoms with Crippen molar-refractivity contribution in [3.8, 4) is 11.1 Å². The van der Waals surface area contributed by atoms with Gasteiger partial charge in [0.2, 0.25) is 5.91 Å². The molecule has 2 aromatic carbocycles. The van der Waals surface area contributed by atoms with Crippen molar-refractivity contribution in [2.24, 2.45) is 5.41 Å². The maximum atomic E-state index is 13.1. The molecule has 4 rings (SSSR count). The molecule has 2 amide bonds. The highest BCUT2D eigenvalue weighted by molar-refractivity contribution is 5.95. The second-order valence-corrected chi connectivity index (χ2v) is 8.10. The van der Waals surface area contributed by atoms with E-state index in [4.69, 9.17) is 0 Å². The van der Waals surface area contributed by atoms with Crippen LogP contribution in [0.1, 0.15) is 29.3 Å². The second kappa shape index (κ2) is 9.13. The van der Waals surface area contributed by atoms with Crippen molar-refractivity contribution >= 4 is 11.8 Å². The Morgan fingerprint density at radius 2 is 1.77 bits per heavy atom. The normalized spacial score (nSPS) is 18.0. The molecule has 3 aromatic rings. The highest BCUT2D eigenvalue weighted by Gasteiger charge is 2.45. The van der Waals surface area contributed by atoms with Crippen LogP contribution in [0.4, 0.5) is 0 Å². The molecule has 0 radical (unpaired) electrons. The number of aromatic nitrogens is 1. The fraction of sp³-hybridized carbons (Fsp3) is 0.269. The Bertz CT molecular complexity index is 1040. The third-order valence-electron chi connectivity index (χ3n) is 5.97. The van der Waals surface area contributed by atoms with E-state index in [1.807, 2.05) is 60.5 Å². The SMILES string of the molecule is CCNC(=O)[C@@]1(Cc2ccc(-c3cccnc3)cc2)CCN(C(=O)c2ccccc2)C1. The summed E-state index contributed by atoms with van der Waals surface area (Å²) in [4.78, 5) is 32.1. The fourth-order valence-corrected chi connectivity index (χ4v) is 4.31. The van der Waals surface area contributed by atoms with Crippen LogP contribution in [0.2, 0.25) is 0 Å². The van der Waals surface area contributed by atoms with Crippen LogP contribution in [0, 0.1) is 5.41 Å². The van der Waals surface area contributed by atoms with E-state index in [0.717, 1.165) is 16.7 Å². The monoisotopic (exact) mass is 413 g/mol. The largest absolute Gasteiger partial charge is 0.356 e. The van der Waals surface area contributed by atoms with Gasteiger partial charge in [0.1, 0.15) is 0 Å². The first-order valence-corrected chi connectivity index (χ1v) is 10.7. The molecule has 0 aliphatic carbocycles. The van der Waals surface area contributed by atoms with Crippen molar-refractivity contribution in [3.63, 3.8) is 0 Å². The molecular weight excluding hydrogens is 386 g/mol. The predicted molar refractivity (Wildman–Crippen MR) is 121 cm³/mol. The van der Waals surface area contributed by atoms with Crippen molar-refractivity contribution in [1.29, 1.82) is 0 Å². The van der Waals surface area contributed by atoms with Crippen LogP contribution < -0.4 is 5.32 Å². The molecule has 1 aromatic heterocycles. The Hall–Kier alpha value is -3.47. The molecule has 0 unspecified atom stereocenters. The smallest absolute Gasteiger partial charge is 0.253 e. The van der Waals surface area contributed by atoms with E-state index in [-0.39, 0.29) is 11.8 Å². The van der Waals surface area contributed by atoms with E-state index in [1.54, 1.807) is 6.20 Å². The van der Waals surface area contributed by atoms with Gasteiger partial charge in [0.05, 0.1) is 5.41 Å². The summed E-state index contributed by atoms with van der Waals surface area (Å²) in [5.41, 5.74) is 3.29. The Labute approximate surface area is 183 Å². The maximum Gasteiger partial charge on any atom is 0.253 e. The van der Waals surface area contributed by atoms with Crippen molar-refractivity contribution in [3.05, 3.63) is 90.3 Å². The topological polar surface area (TPSA) is 62.3 Å². The van der Waals surface area contributed by atoms with Crippen LogP contribution in [-0.2, 0) is 11.2 Å². The lowest BCUT2D eigenvalue weighted by atomic mass is 9.79. The maximum absolute atomic E-state index is 13.1. The first-order valence-electron chi connectivity index (χ1n) is 10.7. The van der Waals surface area contributed by atoms with Crippen molar-refractivity contribution in [2.75, 3.05) is 19.6 Å². The Morgan fingerprint density at radius 3 is 2.45 bits per heavy atom. The lowest BCUT2D eigenvalue weighted by molar-refractivity contribution is -0.130. The van der Waals surface area contributed by atoms with Crippen LogP contribution in [-0.4, -0.2) is 41.3 Å². The molecule has 1 N–H and O–H groups in total. The Balaban J connectivity index is 1.55. The number of carbonyl (C=O) groups is 2. The molecule has 0 saturated carbocycles. The average Bonchev–Trinajstić information content (AvgIpc) is 3.26. The van der Waals surface area contributed by atoms with Gasteiger partial charge in [-0.25, -0.2) is 0 Å². The number of rotatable bonds is 6. The minimum atomic E-state index is -0.615. The Morgan fingerprint density at radius 1 is 1.00 bits per heavy atom. The molecule has 5 nitrogen and oxygen atoms in total. The number of likely N-dealkylation sites (tertiary alicyclic amines) is 1. The molecule has 31 heavy (non-hydrogen) atoms. The number of benzene rings is 2. The zero-order chi connectivity index (χ0) is 21.7. The summed E-state index contributed by atoms with van der Waals surface area (Å²) in [5.74, 6) is 0.00777.